The van der Waals surface area contributed by atoms with Gasteiger partial charge in [0.05, 0.1) is 18.2 Å². The average Bonchev–Trinajstić information content (AvgIpc) is 3.43. The van der Waals surface area contributed by atoms with Crippen molar-refractivity contribution in [1.82, 2.24) is 10.3 Å². The number of hydrogen-bond donors (Lipinski definition) is 2. The zero-order valence-electron chi connectivity index (χ0n) is 20.0. The van der Waals surface area contributed by atoms with E-state index >= 15 is 0 Å². The second-order valence-corrected chi connectivity index (χ2v) is 10.5. The molecular weight excluding hydrogens is 458 g/mol. The average molecular weight is 488 g/mol. The highest BCUT2D eigenvalue weighted by molar-refractivity contribution is 7.17. The van der Waals surface area contributed by atoms with Crippen molar-refractivity contribution in [3.63, 3.8) is 0 Å². The molecule has 3 heterocycles. The van der Waals surface area contributed by atoms with Gasteiger partial charge in [-0.3, -0.25) is 14.6 Å². The number of furan rings is 1. The van der Waals surface area contributed by atoms with Crippen LogP contribution in [0.15, 0.2) is 53.4 Å². The van der Waals surface area contributed by atoms with Crippen LogP contribution in [0.4, 0.5) is 5.00 Å². The Morgan fingerprint density at radius 3 is 2.83 bits per heavy atom. The number of aromatic nitrogens is 1. The minimum atomic E-state index is -0.154. The van der Waals surface area contributed by atoms with Gasteiger partial charge in [-0.15, -0.1) is 11.3 Å². The van der Waals surface area contributed by atoms with E-state index in [0.717, 1.165) is 53.3 Å². The lowest BCUT2D eigenvalue weighted by molar-refractivity contribution is -0.115. The summed E-state index contributed by atoms with van der Waals surface area (Å²) in [5.74, 6) is 0.0857. The minimum absolute atomic E-state index is 0.150. The summed E-state index contributed by atoms with van der Waals surface area (Å²) >= 11 is 1.53. The Morgan fingerprint density at radius 1 is 1.17 bits per heavy atom. The molecule has 0 atom stereocenters. The van der Waals surface area contributed by atoms with Gasteiger partial charge in [-0.1, -0.05) is 26.0 Å². The molecule has 0 saturated carbocycles. The van der Waals surface area contributed by atoms with E-state index in [4.69, 9.17) is 4.42 Å². The second kappa shape index (κ2) is 10.0. The molecule has 0 fully saturated rings. The van der Waals surface area contributed by atoms with E-state index in [9.17, 15) is 9.59 Å². The Hall–Kier alpha value is -3.45. The molecule has 1 aliphatic rings. The lowest BCUT2D eigenvalue weighted by Crippen LogP contribution is -2.25. The summed E-state index contributed by atoms with van der Waals surface area (Å²) in [6, 6.07) is 9.91. The van der Waals surface area contributed by atoms with Gasteiger partial charge >= 0.3 is 0 Å². The van der Waals surface area contributed by atoms with Crippen LogP contribution in [0.25, 0.3) is 11.0 Å². The molecule has 6 nitrogen and oxygen atoms in total. The first-order chi connectivity index (χ1) is 17.0. The van der Waals surface area contributed by atoms with Crippen LogP contribution in [-0.4, -0.2) is 16.8 Å². The Labute approximate surface area is 208 Å². The Bertz CT molecular complexity index is 1370. The van der Waals surface area contributed by atoms with Crippen LogP contribution in [0.1, 0.15) is 70.1 Å². The van der Waals surface area contributed by atoms with Crippen LogP contribution in [0.5, 0.6) is 0 Å². The predicted molar refractivity (Wildman–Crippen MR) is 139 cm³/mol. The lowest BCUT2D eigenvalue weighted by atomic mass is 9.95. The van der Waals surface area contributed by atoms with E-state index in [-0.39, 0.29) is 18.2 Å². The van der Waals surface area contributed by atoms with Gasteiger partial charge in [0.25, 0.3) is 5.91 Å². The molecule has 7 heteroatoms. The number of benzene rings is 1. The normalized spacial score (nSPS) is 13.1. The third kappa shape index (κ3) is 5.00. The van der Waals surface area contributed by atoms with Gasteiger partial charge in [0, 0.05) is 34.8 Å². The van der Waals surface area contributed by atoms with Crippen LogP contribution in [0.2, 0.25) is 0 Å². The number of anilines is 1. The number of nitrogens with one attached hydrogen (secondary N) is 2. The third-order valence-corrected chi connectivity index (χ3v) is 7.73. The number of amides is 2. The molecule has 1 aromatic carbocycles. The maximum absolute atomic E-state index is 13.3. The van der Waals surface area contributed by atoms with Crippen LogP contribution in [0, 0.1) is 0 Å². The van der Waals surface area contributed by atoms with Gasteiger partial charge in [0.2, 0.25) is 5.91 Å². The van der Waals surface area contributed by atoms with Gasteiger partial charge < -0.3 is 15.1 Å². The summed E-state index contributed by atoms with van der Waals surface area (Å²) in [6.07, 6.45) is 9.27. The molecule has 2 N–H and O–H groups in total. The van der Waals surface area contributed by atoms with E-state index < -0.39 is 0 Å². The number of rotatable bonds is 7. The van der Waals surface area contributed by atoms with E-state index in [1.165, 1.54) is 21.8 Å². The summed E-state index contributed by atoms with van der Waals surface area (Å²) < 4.78 is 5.69. The van der Waals surface area contributed by atoms with Gasteiger partial charge in [-0.2, -0.15) is 0 Å². The molecule has 2 amide bonds. The highest BCUT2D eigenvalue weighted by Crippen LogP contribution is 2.38. The molecule has 4 aromatic rings. The fourth-order valence-corrected chi connectivity index (χ4v) is 5.91. The van der Waals surface area contributed by atoms with Crippen molar-refractivity contribution in [2.75, 3.05) is 5.32 Å². The van der Waals surface area contributed by atoms with Crippen LogP contribution < -0.4 is 10.6 Å². The first-order valence-electron chi connectivity index (χ1n) is 12.1. The Balaban J connectivity index is 1.36. The highest BCUT2D eigenvalue weighted by Gasteiger charge is 2.26. The van der Waals surface area contributed by atoms with Gasteiger partial charge in [0.15, 0.2) is 0 Å². The highest BCUT2D eigenvalue weighted by atomic mass is 32.1. The molecule has 1 aliphatic carbocycles. The number of pyridine rings is 1. The first kappa shape index (κ1) is 23.3. The number of aryl methyl sites for hydroxylation is 1. The van der Waals surface area contributed by atoms with Gasteiger partial charge in [-0.25, -0.2) is 0 Å². The maximum atomic E-state index is 13.3. The molecule has 35 heavy (non-hydrogen) atoms. The second-order valence-electron chi connectivity index (χ2n) is 9.36. The van der Waals surface area contributed by atoms with Crippen LogP contribution in [0.3, 0.4) is 0 Å². The SMILES string of the molecule is CC(C)c1ccc2occ(CC(=O)Nc3sc4c(c3C(=O)NCc3cccnc3)CCCC4)c2c1. The molecule has 5 rings (SSSR count). The fraction of sp³-hybridized carbons (Fsp3) is 0.321. The van der Waals surface area contributed by atoms with Crippen molar-refractivity contribution in [1.29, 1.82) is 0 Å². The Morgan fingerprint density at radius 2 is 2.03 bits per heavy atom. The van der Waals surface area contributed by atoms with Crippen molar-refractivity contribution in [2.24, 2.45) is 0 Å². The molecular formula is C28H29N3O3S. The Kier molecular flexibility index (Phi) is 6.68. The van der Waals surface area contributed by atoms with Crippen molar-refractivity contribution in [3.05, 3.63) is 81.7 Å². The quantitative estimate of drug-likeness (QED) is 0.335. The predicted octanol–water partition coefficient (Wildman–Crippen LogP) is 6.00. The molecule has 0 spiro atoms. The first-order valence-corrected chi connectivity index (χ1v) is 12.9. The number of nitrogens with zero attached hydrogens (tertiary/aromatic N) is 1. The molecule has 0 radical (unpaired) electrons. The third-order valence-electron chi connectivity index (χ3n) is 6.52. The summed E-state index contributed by atoms with van der Waals surface area (Å²) in [7, 11) is 0. The van der Waals surface area contributed by atoms with Crippen molar-refractivity contribution < 1.29 is 14.0 Å². The van der Waals surface area contributed by atoms with Gasteiger partial charge in [0.1, 0.15) is 10.6 Å². The summed E-state index contributed by atoms with van der Waals surface area (Å²) in [4.78, 5) is 31.7. The number of thiophene rings is 1. The van der Waals surface area contributed by atoms with Crippen LogP contribution >= 0.6 is 11.3 Å². The van der Waals surface area contributed by atoms with E-state index in [2.05, 4.69) is 41.6 Å². The fourth-order valence-electron chi connectivity index (χ4n) is 4.61. The summed E-state index contributed by atoms with van der Waals surface area (Å²) in [5, 5.41) is 7.67. The zero-order valence-corrected chi connectivity index (χ0v) is 20.8. The topological polar surface area (TPSA) is 84.2 Å². The molecule has 0 unspecified atom stereocenters. The van der Waals surface area contributed by atoms with Gasteiger partial charge in [-0.05, 0) is 66.5 Å². The molecule has 3 aromatic heterocycles. The number of fused-ring (bicyclic) bond motifs is 2. The molecule has 0 aliphatic heterocycles. The number of hydrogen-bond acceptors (Lipinski definition) is 5. The molecule has 0 saturated heterocycles. The van der Waals surface area contributed by atoms with E-state index in [0.29, 0.717) is 23.0 Å². The van der Waals surface area contributed by atoms with Crippen LogP contribution in [-0.2, 0) is 30.6 Å². The minimum Gasteiger partial charge on any atom is -0.464 e. The zero-order chi connectivity index (χ0) is 24.4. The monoisotopic (exact) mass is 487 g/mol. The summed E-state index contributed by atoms with van der Waals surface area (Å²) in [5.41, 5.74) is 5.46. The van der Waals surface area contributed by atoms with E-state index in [1.54, 1.807) is 18.7 Å². The van der Waals surface area contributed by atoms with Crippen molar-refractivity contribution in [3.8, 4) is 0 Å². The maximum Gasteiger partial charge on any atom is 0.254 e. The van der Waals surface area contributed by atoms with Crippen molar-refractivity contribution in [2.45, 2.75) is 58.4 Å². The largest absolute Gasteiger partial charge is 0.464 e. The number of carbonyl (C=O) groups is 2. The van der Waals surface area contributed by atoms with Crippen molar-refractivity contribution >= 4 is 39.1 Å². The molecule has 180 valence electrons. The standard InChI is InChI=1S/C28H29N3O3S/c1-17(2)19-9-10-23-22(12-19)20(16-34-23)13-25(32)31-28-26(21-7-3-4-8-24(21)35-28)27(33)30-15-18-6-5-11-29-14-18/h5-6,9-12,14,16-17H,3-4,7-8,13,15H2,1-2H3,(H,30,33)(H,31,32). The lowest BCUT2D eigenvalue weighted by Gasteiger charge is -2.13. The molecule has 0 bridgehead atoms. The smallest absolute Gasteiger partial charge is 0.254 e. The number of carbonyl (C=O) groups excluding carboxylic acids is 2. The van der Waals surface area contributed by atoms with E-state index in [1.807, 2.05) is 18.2 Å². The summed E-state index contributed by atoms with van der Waals surface area (Å²) in [6.45, 7) is 4.68.